The molecule has 1 aliphatic rings. The quantitative estimate of drug-likeness (QED) is 0.446. The van der Waals surface area contributed by atoms with Crippen LogP contribution in [0.5, 0.6) is 11.5 Å². The maximum atomic E-state index is 13.4. The van der Waals surface area contributed by atoms with E-state index < -0.39 is 6.04 Å². The molecule has 0 spiro atoms. The van der Waals surface area contributed by atoms with Gasteiger partial charge in [0, 0.05) is 19.0 Å². The molecule has 6 nitrogen and oxygen atoms in total. The molecule has 0 unspecified atom stereocenters. The fraction of sp³-hybridized carbons (Fsp3) is 0.500. The highest BCUT2D eigenvalue weighted by atomic mass is 16.5. The Morgan fingerprint density at radius 3 is 2.38 bits per heavy atom. The van der Waals surface area contributed by atoms with Gasteiger partial charge in [-0.15, -0.1) is 0 Å². The van der Waals surface area contributed by atoms with Gasteiger partial charge in [-0.1, -0.05) is 44.0 Å². The van der Waals surface area contributed by atoms with Crippen LogP contribution in [0, 0.1) is 6.92 Å². The van der Waals surface area contributed by atoms with Crippen molar-refractivity contribution in [2.75, 3.05) is 13.7 Å². The number of nitrogens with one attached hydrogen (secondary N) is 1. The molecule has 34 heavy (non-hydrogen) atoms. The predicted molar refractivity (Wildman–Crippen MR) is 134 cm³/mol. The molecule has 184 valence electrons. The number of hydrogen-bond donors (Lipinski definition) is 1. The van der Waals surface area contributed by atoms with Crippen LogP contribution in [0.3, 0.4) is 0 Å². The van der Waals surface area contributed by atoms with Crippen LogP contribution >= 0.6 is 0 Å². The summed E-state index contributed by atoms with van der Waals surface area (Å²) < 4.78 is 11.0. The average Bonchev–Trinajstić information content (AvgIpc) is 3.36. The normalized spacial score (nSPS) is 14.4. The van der Waals surface area contributed by atoms with Crippen LogP contribution in [-0.4, -0.2) is 42.5 Å². The van der Waals surface area contributed by atoms with E-state index in [1.165, 1.54) is 0 Å². The summed E-state index contributed by atoms with van der Waals surface area (Å²) in [5.41, 5.74) is 2.19. The van der Waals surface area contributed by atoms with Gasteiger partial charge in [-0.2, -0.15) is 0 Å². The molecule has 1 atom stereocenters. The Morgan fingerprint density at radius 1 is 1.06 bits per heavy atom. The number of benzene rings is 2. The van der Waals surface area contributed by atoms with Crippen molar-refractivity contribution in [1.29, 1.82) is 0 Å². The van der Waals surface area contributed by atoms with Gasteiger partial charge < -0.3 is 19.7 Å². The molecule has 1 fully saturated rings. The van der Waals surface area contributed by atoms with Crippen molar-refractivity contribution < 1.29 is 19.1 Å². The predicted octanol–water partition coefficient (Wildman–Crippen LogP) is 5.03. The zero-order valence-corrected chi connectivity index (χ0v) is 20.7. The standard InChI is InChI=1S/C28H38N2O4/c1-4-26(28(32)29-23-12-7-8-13-23)30(20-22-11-6-5-10-21(22)2)27(31)14-9-19-34-25-17-15-24(33-3)16-18-25/h5-6,10-11,15-18,23,26H,4,7-9,12-14,19-20H2,1-3H3,(H,29,32)/t26-/m1/s1. The van der Waals surface area contributed by atoms with Crippen LogP contribution in [0.25, 0.3) is 0 Å². The maximum Gasteiger partial charge on any atom is 0.243 e. The van der Waals surface area contributed by atoms with Crippen molar-refractivity contribution in [2.45, 2.75) is 77.4 Å². The van der Waals surface area contributed by atoms with E-state index >= 15 is 0 Å². The summed E-state index contributed by atoms with van der Waals surface area (Å²) in [6.45, 7) is 4.88. The van der Waals surface area contributed by atoms with Gasteiger partial charge in [0.1, 0.15) is 17.5 Å². The zero-order valence-electron chi connectivity index (χ0n) is 20.7. The fourth-order valence-electron chi connectivity index (χ4n) is 4.49. The Bertz CT molecular complexity index is 922. The highest BCUT2D eigenvalue weighted by molar-refractivity contribution is 5.87. The minimum Gasteiger partial charge on any atom is -0.497 e. The van der Waals surface area contributed by atoms with E-state index in [1.807, 2.05) is 62.4 Å². The van der Waals surface area contributed by atoms with Crippen molar-refractivity contribution in [1.82, 2.24) is 10.2 Å². The summed E-state index contributed by atoms with van der Waals surface area (Å²) in [5, 5.41) is 3.20. The third kappa shape index (κ3) is 7.24. The number of ether oxygens (including phenoxy) is 2. The van der Waals surface area contributed by atoms with E-state index in [1.54, 1.807) is 12.0 Å². The Balaban J connectivity index is 1.63. The lowest BCUT2D eigenvalue weighted by Crippen LogP contribution is -2.51. The number of nitrogens with zero attached hydrogens (tertiary/aromatic N) is 1. The van der Waals surface area contributed by atoms with Crippen LogP contribution in [0.15, 0.2) is 48.5 Å². The highest BCUT2D eigenvalue weighted by Crippen LogP contribution is 2.21. The molecule has 6 heteroatoms. The molecule has 2 amide bonds. The van der Waals surface area contributed by atoms with Gasteiger partial charge in [0.2, 0.25) is 11.8 Å². The van der Waals surface area contributed by atoms with E-state index in [9.17, 15) is 9.59 Å². The van der Waals surface area contributed by atoms with E-state index in [0.717, 1.165) is 48.3 Å². The van der Waals surface area contributed by atoms with Gasteiger partial charge in [-0.25, -0.2) is 0 Å². The lowest BCUT2D eigenvalue weighted by molar-refractivity contribution is -0.141. The summed E-state index contributed by atoms with van der Waals surface area (Å²) in [6.07, 6.45) is 5.85. The minimum atomic E-state index is -0.477. The van der Waals surface area contributed by atoms with Crippen LogP contribution in [0.2, 0.25) is 0 Å². The number of aryl methyl sites for hydroxylation is 1. The maximum absolute atomic E-state index is 13.4. The largest absolute Gasteiger partial charge is 0.497 e. The number of rotatable bonds is 12. The average molecular weight is 467 g/mol. The van der Waals surface area contributed by atoms with Gasteiger partial charge in [0.05, 0.1) is 13.7 Å². The lowest BCUT2D eigenvalue weighted by Gasteiger charge is -2.32. The molecule has 0 bridgehead atoms. The SMILES string of the molecule is CC[C@H](C(=O)NC1CCCC1)N(Cc1ccccc1C)C(=O)CCCOc1ccc(OC)cc1. The number of carbonyl (C=O) groups is 2. The van der Waals surface area contributed by atoms with E-state index in [-0.39, 0.29) is 17.9 Å². The minimum absolute atomic E-state index is 0.0185. The molecule has 0 aromatic heterocycles. The van der Waals surface area contributed by atoms with Gasteiger partial charge in [-0.05, 0) is 68.0 Å². The summed E-state index contributed by atoms with van der Waals surface area (Å²) >= 11 is 0. The third-order valence-electron chi connectivity index (χ3n) is 6.55. The lowest BCUT2D eigenvalue weighted by atomic mass is 10.0. The molecule has 1 saturated carbocycles. The van der Waals surface area contributed by atoms with Crippen LogP contribution in [0.1, 0.15) is 63.0 Å². The Labute approximate surface area is 203 Å². The van der Waals surface area contributed by atoms with Crippen LogP contribution in [0.4, 0.5) is 0 Å². The van der Waals surface area contributed by atoms with Gasteiger partial charge in [-0.3, -0.25) is 9.59 Å². The smallest absolute Gasteiger partial charge is 0.243 e. The van der Waals surface area contributed by atoms with Crippen molar-refractivity contribution in [3.63, 3.8) is 0 Å². The zero-order chi connectivity index (χ0) is 24.3. The molecular weight excluding hydrogens is 428 g/mol. The Morgan fingerprint density at radius 2 is 1.74 bits per heavy atom. The van der Waals surface area contributed by atoms with Crippen molar-refractivity contribution in [2.24, 2.45) is 0 Å². The highest BCUT2D eigenvalue weighted by Gasteiger charge is 2.30. The summed E-state index contributed by atoms with van der Waals surface area (Å²) in [7, 11) is 1.63. The van der Waals surface area contributed by atoms with E-state index in [4.69, 9.17) is 9.47 Å². The third-order valence-corrected chi connectivity index (χ3v) is 6.55. The Kier molecular flexibility index (Phi) is 9.80. The second-order valence-electron chi connectivity index (χ2n) is 8.99. The number of carbonyl (C=O) groups excluding carboxylic acids is 2. The fourth-order valence-corrected chi connectivity index (χ4v) is 4.49. The summed E-state index contributed by atoms with van der Waals surface area (Å²) in [4.78, 5) is 28.3. The second kappa shape index (κ2) is 13.0. The molecule has 0 aliphatic heterocycles. The first kappa shape index (κ1) is 25.6. The topological polar surface area (TPSA) is 67.9 Å². The first-order valence-corrected chi connectivity index (χ1v) is 12.4. The molecule has 0 heterocycles. The number of amides is 2. The van der Waals surface area contributed by atoms with Crippen molar-refractivity contribution in [3.8, 4) is 11.5 Å². The van der Waals surface area contributed by atoms with Crippen LogP contribution in [-0.2, 0) is 16.1 Å². The summed E-state index contributed by atoms with van der Waals surface area (Å²) in [6, 6.07) is 15.2. The monoisotopic (exact) mass is 466 g/mol. The second-order valence-corrected chi connectivity index (χ2v) is 8.99. The van der Waals surface area contributed by atoms with Gasteiger partial charge in [0.15, 0.2) is 0 Å². The molecule has 2 aromatic carbocycles. The molecule has 3 rings (SSSR count). The Hall–Kier alpha value is -3.02. The molecular formula is C28H38N2O4. The molecule has 1 aliphatic carbocycles. The van der Waals surface area contributed by atoms with E-state index in [0.29, 0.717) is 32.4 Å². The van der Waals surface area contributed by atoms with Gasteiger partial charge in [0.25, 0.3) is 0 Å². The first-order valence-electron chi connectivity index (χ1n) is 12.4. The first-order chi connectivity index (χ1) is 16.5. The number of hydrogen-bond acceptors (Lipinski definition) is 4. The van der Waals surface area contributed by atoms with Gasteiger partial charge >= 0.3 is 0 Å². The van der Waals surface area contributed by atoms with Crippen LogP contribution < -0.4 is 14.8 Å². The van der Waals surface area contributed by atoms with Crippen molar-refractivity contribution in [3.05, 3.63) is 59.7 Å². The summed E-state index contributed by atoms with van der Waals surface area (Å²) in [5.74, 6) is 1.46. The van der Waals surface area contributed by atoms with Crippen molar-refractivity contribution >= 4 is 11.8 Å². The molecule has 0 radical (unpaired) electrons. The number of methoxy groups -OCH3 is 1. The molecule has 0 saturated heterocycles. The molecule has 1 N–H and O–H groups in total. The molecule has 2 aromatic rings. The van der Waals surface area contributed by atoms with E-state index in [2.05, 4.69) is 5.32 Å².